The Morgan fingerprint density at radius 1 is 1.15 bits per heavy atom. The number of hydrogen-bond donors (Lipinski definition) is 2. The summed E-state index contributed by atoms with van der Waals surface area (Å²) in [6.07, 6.45) is 0. The van der Waals surface area contributed by atoms with Gasteiger partial charge in [-0.05, 0) is 42.8 Å². The van der Waals surface area contributed by atoms with Crippen molar-refractivity contribution in [1.29, 1.82) is 0 Å². The van der Waals surface area contributed by atoms with E-state index in [1.165, 1.54) is 0 Å². The van der Waals surface area contributed by atoms with E-state index >= 15 is 0 Å². The molecule has 0 spiro atoms. The van der Waals surface area contributed by atoms with E-state index in [0.717, 1.165) is 22.0 Å². The third kappa shape index (κ3) is 3.51. The molecule has 0 unspecified atom stereocenters. The van der Waals surface area contributed by atoms with Crippen LogP contribution in [0.15, 0.2) is 48.5 Å². The van der Waals surface area contributed by atoms with Crippen molar-refractivity contribution in [3.63, 3.8) is 0 Å². The zero-order chi connectivity index (χ0) is 19.0. The fraction of sp³-hybridized carbons (Fsp3) is 0.238. The van der Waals surface area contributed by atoms with Gasteiger partial charge in [-0.3, -0.25) is 9.59 Å². The number of amides is 2. The van der Waals surface area contributed by atoms with Gasteiger partial charge in [0.05, 0.1) is 0 Å². The molecule has 3 aromatic rings. The molecule has 0 aliphatic carbocycles. The van der Waals surface area contributed by atoms with Crippen molar-refractivity contribution in [1.82, 2.24) is 14.8 Å². The molecule has 4 rings (SSSR count). The smallest absolute Gasteiger partial charge is 0.270 e. The van der Waals surface area contributed by atoms with Gasteiger partial charge in [-0.2, -0.15) is 0 Å². The number of aromatic amines is 1. The van der Waals surface area contributed by atoms with E-state index in [9.17, 15) is 14.7 Å². The summed E-state index contributed by atoms with van der Waals surface area (Å²) in [5.41, 5.74) is 3.42. The third-order valence-corrected chi connectivity index (χ3v) is 4.90. The van der Waals surface area contributed by atoms with Gasteiger partial charge >= 0.3 is 0 Å². The molecule has 2 N–H and O–H groups in total. The molecule has 1 aliphatic heterocycles. The Morgan fingerprint density at radius 3 is 2.78 bits per heavy atom. The molecule has 0 radical (unpaired) electrons. The number of nitrogens with one attached hydrogen (secondary N) is 1. The molecule has 27 heavy (non-hydrogen) atoms. The first kappa shape index (κ1) is 17.1. The van der Waals surface area contributed by atoms with Crippen LogP contribution in [0, 0.1) is 6.92 Å². The highest BCUT2D eigenvalue weighted by Crippen LogP contribution is 2.20. The Balaban J connectivity index is 1.45. The molecular weight excluding hydrogens is 342 g/mol. The zero-order valence-electron chi connectivity index (χ0n) is 15.1. The first-order chi connectivity index (χ1) is 13.0. The normalized spacial score (nSPS) is 14.8. The Bertz CT molecular complexity index is 1020. The standard InChI is InChI=1S/C21H21N3O3/c1-14-5-6-18-16(9-14)11-19(22-18)21(27)24-8-7-23(20(26)13-24)12-15-3-2-4-17(25)10-15/h2-6,9-11,22,25H,7-8,12-13H2,1H3. The molecule has 138 valence electrons. The van der Waals surface area contributed by atoms with Gasteiger partial charge < -0.3 is 19.9 Å². The quantitative estimate of drug-likeness (QED) is 0.751. The van der Waals surface area contributed by atoms with Gasteiger partial charge in [-0.25, -0.2) is 0 Å². The van der Waals surface area contributed by atoms with Gasteiger partial charge in [0.2, 0.25) is 5.91 Å². The third-order valence-electron chi connectivity index (χ3n) is 4.90. The summed E-state index contributed by atoms with van der Waals surface area (Å²) in [5, 5.41) is 10.6. The second-order valence-corrected chi connectivity index (χ2v) is 6.99. The number of aromatic hydroxyl groups is 1. The maximum Gasteiger partial charge on any atom is 0.270 e. The van der Waals surface area contributed by atoms with E-state index < -0.39 is 0 Å². The van der Waals surface area contributed by atoms with Crippen LogP contribution in [0.1, 0.15) is 21.6 Å². The van der Waals surface area contributed by atoms with Crippen molar-refractivity contribution in [3.05, 3.63) is 65.4 Å². The van der Waals surface area contributed by atoms with Gasteiger partial charge in [0.25, 0.3) is 5.91 Å². The molecule has 6 heteroatoms. The number of H-pyrrole nitrogens is 1. The summed E-state index contributed by atoms with van der Waals surface area (Å²) in [5.74, 6) is -0.0677. The average Bonchev–Trinajstić information content (AvgIpc) is 3.06. The number of phenolic OH excluding ortho intramolecular Hbond substituents is 1. The molecule has 2 aromatic carbocycles. The van der Waals surface area contributed by atoms with Crippen molar-refractivity contribution in [2.75, 3.05) is 19.6 Å². The van der Waals surface area contributed by atoms with Crippen LogP contribution < -0.4 is 0 Å². The number of fused-ring (bicyclic) bond motifs is 1. The second-order valence-electron chi connectivity index (χ2n) is 6.99. The van der Waals surface area contributed by atoms with Crippen LogP contribution in [-0.4, -0.2) is 51.3 Å². The lowest BCUT2D eigenvalue weighted by atomic mass is 10.1. The average molecular weight is 363 g/mol. The number of piperazine rings is 1. The first-order valence-corrected chi connectivity index (χ1v) is 8.94. The predicted molar refractivity (Wildman–Crippen MR) is 102 cm³/mol. The summed E-state index contributed by atoms with van der Waals surface area (Å²) in [6.45, 7) is 3.46. The molecular formula is C21H21N3O3. The van der Waals surface area contributed by atoms with E-state index in [-0.39, 0.29) is 24.1 Å². The minimum absolute atomic E-state index is 0.0615. The molecule has 1 fully saturated rings. The van der Waals surface area contributed by atoms with Crippen LogP contribution in [0.25, 0.3) is 10.9 Å². The molecule has 0 atom stereocenters. The number of benzene rings is 2. The Kier molecular flexibility index (Phi) is 4.32. The van der Waals surface area contributed by atoms with Crippen molar-refractivity contribution in [2.45, 2.75) is 13.5 Å². The van der Waals surface area contributed by atoms with Crippen LogP contribution in [0.4, 0.5) is 0 Å². The van der Waals surface area contributed by atoms with Crippen LogP contribution in [0.2, 0.25) is 0 Å². The van der Waals surface area contributed by atoms with Gasteiger partial charge in [-0.15, -0.1) is 0 Å². The SMILES string of the molecule is Cc1ccc2[nH]c(C(=O)N3CCN(Cc4cccc(O)c4)C(=O)C3)cc2c1. The fourth-order valence-electron chi connectivity index (χ4n) is 3.46. The fourth-order valence-corrected chi connectivity index (χ4v) is 3.46. The molecule has 2 heterocycles. The van der Waals surface area contributed by atoms with E-state index in [1.807, 2.05) is 37.3 Å². The lowest BCUT2D eigenvalue weighted by Gasteiger charge is -2.34. The zero-order valence-corrected chi connectivity index (χ0v) is 15.1. The minimum Gasteiger partial charge on any atom is -0.508 e. The maximum absolute atomic E-state index is 12.8. The van der Waals surface area contributed by atoms with E-state index in [0.29, 0.717) is 25.3 Å². The monoisotopic (exact) mass is 363 g/mol. The van der Waals surface area contributed by atoms with Crippen molar-refractivity contribution in [2.24, 2.45) is 0 Å². The van der Waals surface area contributed by atoms with Crippen molar-refractivity contribution >= 4 is 22.7 Å². The summed E-state index contributed by atoms with van der Waals surface area (Å²) >= 11 is 0. The summed E-state index contributed by atoms with van der Waals surface area (Å²) in [7, 11) is 0. The summed E-state index contributed by atoms with van der Waals surface area (Å²) in [6, 6.07) is 14.7. The topological polar surface area (TPSA) is 76.6 Å². The number of rotatable bonds is 3. The number of phenols is 1. The van der Waals surface area contributed by atoms with E-state index in [1.54, 1.807) is 28.0 Å². The lowest BCUT2D eigenvalue weighted by Crippen LogP contribution is -2.51. The molecule has 1 aliphatic rings. The Labute approximate surface area is 157 Å². The van der Waals surface area contributed by atoms with Gasteiger partial charge in [-0.1, -0.05) is 23.8 Å². The molecule has 2 amide bonds. The minimum atomic E-state index is -0.158. The molecule has 6 nitrogen and oxygen atoms in total. The number of aromatic nitrogens is 1. The van der Waals surface area contributed by atoms with Crippen LogP contribution in [-0.2, 0) is 11.3 Å². The number of nitrogens with zero attached hydrogens (tertiary/aromatic N) is 2. The van der Waals surface area contributed by atoms with Crippen LogP contribution >= 0.6 is 0 Å². The summed E-state index contributed by atoms with van der Waals surface area (Å²) < 4.78 is 0. The molecule has 1 saturated heterocycles. The highest BCUT2D eigenvalue weighted by atomic mass is 16.3. The maximum atomic E-state index is 12.8. The number of aryl methyl sites for hydroxylation is 1. The predicted octanol–water partition coefficient (Wildman–Crippen LogP) is 2.67. The van der Waals surface area contributed by atoms with Gasteiger partial charge in [0, 0.05) is 30.5 Å². The molecule has 0 bridgehead atoms. The van der Waals surface area contributed by atoms with Crippen molar-refractivity contribution in [3.8, 4) is 5.75 Å². The number of hydrogen-bond acceptors (Lipinski definition) is 3. The van der Waals surface area contributed by atoms with Gasteiger partial charge in [0.1, 0.15) is 18.0 Å². The van der Waals surface area contributed by atoms with Crippen LogP contribution in [0.5, 0.6) is 5.75 Å². The molecule has 1 aromatic heterocycles. The van der Waals surface area contributed by atoms with Gasteiger partial charge in [0.15, 0.2) is 0 Å². The highest BCUT2D eigenvalue weighted by molar-refractivity contribution is 6.00. The van der Waals surface area contributed by atoms with E-state index in [4.69, 9.17) is 0 Å². The number of carbonyl (C=O) groups excluding carboxylic acids is 2. The highest BCUT2D eigenvalue weighted by Gasteiger charge is 2.28. The van der Waals surface area contributed by atoms with Crippen LogP contribution in [0.3, 0.4) is 0 Å². The van der Waals surface area contributed by atoms with E-state index in [2.05, 4.69) is 4.98 Å². The number of carbonyl (C=O) groups is 2. The molecule has 0 saturated carbocycles. The second kappa shape index (κ2) is 6.79. The largest absolute Gasteiger partial charge is 0.508 e. The van der Waals surface area contributed by atoms with Crippen molar-refractivity contribution < 1.29 is 14.7 Å². The Morgan fingerprint density at radius 2 is 2.00 bits per heavy atom. The lowest BCUT2D eigenvalue weighted by molar-refractivity contribution is -0.135. The first-order valence-electron chi connectivity index (χ1n) is 8.94. The summed E-state index contributed by atoms with van der Waals surface area (Å²) in [4.78, 5) is 31.8. The Hall–Kier alpha value is -3.28.